The third-order valence-electron chi connectivity index (χ3n) is 4.67. The number of rotatable bonds is 8. The normalized spacial score (nSPS) is 17.8. The topological polar surface area (TPSA) is 81.8 Å². The maximum atomic E-state index is 12.3. The van der Waals surface area contributed by atoms with Gasteiger partial charge in [-0.3, -0.25) is 19.3 Å². The second-order valence-corrected chi connectivity index (χ2v) is 7.65. The van der Waals surface area contributed by atoms with Crippen molar-refractivity contribution in [3.8, 4) is 0 Å². The molecule has 2 aliphatic rings. The molecule has 1 aliphatic heterocycles. The largest absolute Gasteiger partial charge is 0.352 e. The number of carbonyl (C=O) groups is 3. The fraction of sp³-hybridized carbons (Fsp3) is 0.611. The summed E-state index contributed by atoms with van der Waals surface area (Å²) in [6.07, 6.45) is 3.27. The fourth-order valence-electron chi connectivity index (χ4n) is 2.95. The Labute approximate surface area is 157 Å². The number of hydrogen-bond acceptors (Lipinski definition) is 5. The molecule has 2 heterocycles. The molecule has 0 aromatic carbocycles. The summed E-state index contributed by atoms with van der Waals surface area (Å²) < 4.78 is 0. The number of hydrogen-bond donors (Lipinski definition) is 2. The summed E-state index contributed by atoms with van der Waals surface area (Å²) in [7, 11) is 0. The maximum Gasteiger partial charge on any atom is 0.252 e. The zero-order chi connectivity index (χ0) is 18.4. The molecule has 1 saturated heterocycles. The number of carbonyl (C=O) groups excluding carboxylic acids is 3. The van der Waals surface area contributed by atoms with Crippen molar-refractivity contribution in [2.45, 2.75) is 31.7 Å². The molecule has 1 saturated carbocycles. The van der Waals surface area contributed by atoms with E-state index in [4.69, 9.17) is 0 Å². The molecule has 1 aliphatic carbocycles. The molecule has 142 valence electrons. The van der Waals surface area contributed by atoms with E-state index in [0.717, 1.165) is 25.9 Å². The van der Waals surface area contributed by atoms with Crippen molar-refractivity contribution in [1.29, 1.82) is 0 Å². The number of thiophene rings is 1. The van der Waals surface area contributed by atoms with Gasteiger partial charge < -0.3 is 15.5 Å². The van der Waals surface area contributed by atoms with E-state index in [1.54, 1.807) is 6.07 Å². The first-order chi connectivity index (χ1) is 12.6. The summed E-state index contributed by atoms with van der Waals surface area (Å²) in [5, 5.41) is 9.51. The Balaban J connectivity index is 1.27. The second-order valence-electron chi connectivity index (χ2n) is 6.87. The minimum Gasteiger partial charge on any atom is -0.352 e. The second kappa shape index (κ2) is 9.14. The first kappa shape index (κ1) is 18.8. The van der Waals surface area contributed by atoms with Crippen LogP contribution < -0.4 is 10.6 Å². The molecule has 3 rings (SSSR count). The van der Waals surface area contributed by atoms with Gasteiger partial charge in [-0.15, -0.1) is 0 Å². The van der Waals surface area contributed by atoms with Crippen LogP contribution in [-0.4, -0.2) is 72.8 Å². The van der Waals surface area contributed by atoms with Gasteiger partial charge in [0.1, 0.15) is 0 Å². The smallest absolute Gasteiger partial charge is 0.252 e. The van der Waals surface area contributed by atoms with Crippen LogP contribution in [-0.2, 0) is 9.59 Å². The highest BCUT2D eigenvalue weighted by Gasteiger charge is 2.26. The molecular weight excluding hydrogens is 352 g/mol. The summed E-state index contributed by atoms with van der Waals surface area (Å²) in [6, 6.07) is 2.18. The molecule has 0 spiro atoms. The van der Waals surface area contributed by atoms with Gasteiger partial charge in [0.2, 0.25) is 11.8 Å². The maximum absolute atomic E-state index is 12.3. The monoisotopic (exact) mass is 378 g/mol. The Morgan fingerprint density at radius 3 is 2.58 bits per heavy atom. The first-order valence-electron chi connectivity index (χ1n) is 9.22. The van der Waals surface area contributed by atoms with Gasteiger partial charge >= 0.3 is 0 Å². The predicted molar refractivity (Wildman–Crippen MR) is 100 cm³/mol. The number of amides is 3. The SMILES string of the molecule is O=C(CN1CCN(C(=O)CCCNC(=O)c2ccsc2)CC1)NC1CC1. The lowest BCUT2D eigenvalue weighted by Crippen LogP contribution is -2.51. The Morgan fingerprint density at radius 1 is 1.15 bits per heavy atom. The van der Waals surface area contributed by atoms with Crippen LogP contribution in [0.15, 0.2) is 16.8 Å². The summed E-state index contributed by atoms with van der Waals surface area (Å²) in [5.74, 6) is 0.127. The van der Waals surface area contributed by atoms with Crippen molar-refractivity contribution in [1.82, 2.24) is 20.4 Å². The van der Waals surface area contributed by atoms with E-state index in [0.29, 0.717) is 50.6 Å². The minimum absolute atomic E-state index is 0.0863. The standard InChI is InChI=1S/C18H26N4O3S/c23-16(20-15-3-4-15)12-21-7-9-22(10-8-21)17(24)2-1-6-19-18(25)14-5-11-26-13-14/h5,11,13,15H,1-4,6-10,12H2,(H,19,25)(H,20,23). The van der Waals surface area contributed by atoms with Gasteiger partial charge in [-0.2, -0.15) is 11.3 Å². The van der Waals surface area contributed by atoms with E-state index in [2.05, 4.69) is 15.5 Å². The molecule has 2 fully saturated rings. The van der Waals surface area contributed by atoms with Crippen molar-refractivity contribution >= 4 is 29.1 Å². The quantitative estimate of drug-likeness (QED) is 0.652. The zero-order valence-corrected chi connectivity index (χ0v) is 15.7. The third kappa shape index (κ3) is 5.81. The summed E-state index contributed by atoms with van der Waals surface area (Å²) in [5.41, 5.74) is 0.670. The van der Waals surface area contributed by atoms with E-state index in [-0.39, 0.29) is 17.7 Å². The Morgan fingerprint density at radius 2 is 1.92 bits per heavy atom. The van der Waals surface area contributed by atoms with Crippen LogP contribution in [0, 0.1) is 0 Å². The van der Waals surface area contributed by atoms with Gasteiger partial charge in [0.15, 0.2) is 0 Å². The first-order valence-corrected chi connectivity index (χ1v) is 10.2. The van der Waals surface area contributed by atoms with Gasteiger partial charge in [-0.05, 0) is 30.7 Å². The van der Waals surface area contributed by atoms with Crippen LogP contribution in [0.1, 0.15) is 36.0 Å². The molecule has 26 heavy (non-hydrogen) atoms. The molecule has 1 aromatic rings. The van der Waals surface area contributed by atoms with Gasteiger partial charge in [-0.1, -0.05) is 0 Å². The average molecular weight is 378 g/mol. The van der Waals surface area contributed by atoms with Crippen molar-refractivity contribution < 1.29 is 14.4 Å². The molecule has 0 radical (unpaired) electrons. The van der Waals surface area contributed by atoms with Gasteiger partial charge in [0.05, 0.1) is 6.54 Å². The number of piperazine rings is 1. The van der Waals surface area contributed by atoms with Gasteiger partial charge in [-0.25, -0.2) is 0 Å². The number of nitrogens with zero attached hydrogens (tertiary/aromatic N) is 2. The predicted octanol–water partition coefficient (Wildman–Crippen LogP) is 0.681. The minimum atomic E-state index is -0.0863. The fourth-order valence-corrected chi connectivity index (χ4v) is 3.59. The molecule has 0 atom stereocenters. The van der Waals surface area contributed by atoms with E-state index < -0.39 is 0 Å². The van der Waals surface area contributed by atoms with Crippen LogP contribution in [0.3, 0.4) is 0 Å². The number of nitrogens with one attached hydrogen (secondary N) is 2. The summed E-state index contributed by atoms with van der Waals surface area (Å²) in [4.78, 5) is 39.9. The Hall–Kier alpha value is -1.93. The van der Waals surface area contributed by atoms with Crippen molar-refractivity contribution in [2.75, 3.05) is 39.3 Å². The van der Waals surface area contributed by atoms with Crippen LogP contribution in [0.2, 0.25) is 0 Å². The zero-order valence-electron chi connectivity index (χ0n) is 14.9. The summed E-state index contributed by atoms with van der Waals surface area (Å²) in [6.45, 7) is 3.72. The molecule has 0 unspecified atom stereocenters. The molecule has 8 heteroatoms. The van der Waals surface area contributed by atoms with E-state index in [1.165, 1.54) is 11.3 Å². The Bertz CT molecular complexity index is 622. The average Bonchev–Trinajstić information content (AvgIpc) is 3.26. The van der Waals surface area contributed by atoms with Crippen LogP contribution in [0.5, 0.6) is 0 Å². The Kier molecular flexibility index (Phi) is 6.62. The van der Waals surface area contributed by atoms with Crippen LogP contribution in [0.25, 0.3) is 0 Å². The van der Waals surface area contributed by atoms with Gasteiger partial charge in [0.25, 0.3) is 5.91 Å². The highest BCUT2D eigenvalue weighted by molar-refractivity contribution is 7.08. The van der Waals surface area contributed by atoms with Crippen molar-refractivity contribution in [3.05, 3.63) is 22.4 Å². The molecular formula is C18H26N4O3S. The highest BCUT2D eigenvalue weighted by atomic mass is 32.1. The van der Waals surface area contributed by atoms with Crippen molar-refractivity contribution in [2.24, 2.45) is 0 Å². The van der Waals surface area contributed by atoms with Gasteiger partial charge in [0, 0.05) is 56.1 Å². The van der Waals surface area contributed by atoms with Crippen LogP contribution in [0.4, 0.5) is 0 Å². The lowest BCUT2D eigenvalue weighted by Gasteiger charge is -2.34. The van der Waals surface area contributed by atoms with Crippen LogP contribution >= 0.6 is 11.3 Å². The third-order valence-corrected chi connectivity index (χ3v) is 5.35. The molecule has 3 amide bonds. The molecule has 1 aromatic heterocycles. The van der Waals surface area contributed by atoms with E-state index in [9.17, 15) is 14.4 Å². The molecule has 7 nitrogen and oxygen atoms in total. The van der Waals surface area contributed by atoms with Crippen molar-refractivity contribution in [3.63, 3.8) is 0 Å². The lowest BCUT2D eigenvalue weighted by atomic mass is 10.2. The van der Waals surface area contributed by atoms with E-state index in [1.807, 2.05) is 15.7 Å². The summed E-state index contributed by atoms with van der Waals surface area (Å²) >= 11 is 1.49. The highest BCUT2D eigenvalue weighted by Crippen LogP contribution is 2.18. The molecule has 2 N–H and O–H groups in total. The lowest BCUT2D eigenvalue weighted by molar-refractivity contribution is -0.133. The molecule has 0 bridgehead atoms. The van der Waals surface area contributed by atoms with E-state index >= 15 is 0 Å².